The molecule has 0 spiro atoms. The van der Waals surface area contributed by atoms with Gasteiger partial charge in [0, 0.05) is 40.0 Å². The molecule has 0 saturated carbocycles. The van der Waals surface area contributed by atoms with Crippen LogP contribution in [0, 0.1) is 0 Å². The zero-order chi connectivity index (χ0) is 30.6. The van der Waals surface area contributed by atoms with Gasteiger partial charge in [0.2, 0.25) is 0 Å². The summed E-state index contributed by atoms with van der Waals surface area (Å²) in [6.45, 7) is 2.26. The highest BCUT2D eigenvalue weighted by atomic mass is 16.4. The molecule has 3 aromatic rings. The molecule has 0 saturated heterocycles. The lowest BCUT2D eigenvalue weighted by Gasteiger charge is -2.02. The topological polar surface area (TPSA) is 149 Å². The van der Waals surface area contributed by atoms with Crippen LogP contribution in [0.4, 0.5) is 0 Å². The van der Waals surface area contributed by atoms with Crippen molar-refractivity contribution >= 4 is 23.1 Å². The van der Waals surface area contributed by atoms with Crippen molar-refractivity contribution < 1.29 is 19.8 Å². The summed E-state index contributed by atoms with van der Waals surface area (Å²) in [6.07, 6.45) is 21.6. The van der Waals surface area contributed by atoms with Crippen LogP contribution in [0.25, 0.3) is 11.2 Å². The summed E-state index contributed by atoms with van der Waals surface area (Å²) in [5.74, 6) is -1.60. The van der Waals surface area contributed by atoms with Crippen molar-refractivity contribution in [1.82, 2.24) is 23.7 Å². The van der Waals surface area contributed by atoms with Crippen molar-refractivity contribution in [1.29, 1.82) is 0 Å². The summed E-state index contributed by atoms with van der Waals surface area (Å²) < 4.78 is 4.04. The van der Waals surface area contributed by atoms with E-state index in [1.54, 1.807) is 24.7 Å². The van der Waals surface area contributed by atoms with Gasteiger partial charge in [0.05, 0.1) is 11.9 Å². The lowest BCUT2D eigenvalue weighted by molar-refractivity contribution is -0.137. The van der Waals surface area contributed by atoms with Gasteiger partial charge < -0.3 is 14.8 Å². The second kappa shape index (κ2) is 20.2. The number of nitrogens with zero attached hydrogens (tertiary/aromatic N) is 5. The number of imidazole rings is 1. The van der Waals surface area contributed by atoms with Gasteiger partial charge in [-0.15, -0.1) is 0 Å². The summed E-state index contributed by atoms with van der Waals surface area (Å²) in [5.41, 5.74) is 0.400. The van der Waals surface area contributed by atoms with E-state index in [1.807, 2.05) is 0 Å². The highest BCUT2D eigenvalue weighted by Gasteiger charge is 2.11. The Balaban J connectivity index is 0.000000323. The summed E-state index contributed by atoms with van der Waals surface area (Å²) in [7, 11) is 4.77. The van der Waals surface area contributed by atoms with Gasteiger partial charge in [-0.2, -0.15) is 0 Å². The molecule has 0 aromatic carbocycles. The van der Waals surface area contributed by atoms with E-state index >= 15 is 0 Å². The number of carboxylic acid groups (broad SMARTS) is 2. The van der Waals surface area contributed by atoms with E-state index in [4.69, 9.17) is 10.2 Å². The third kappa shape index (κ3) is 13.4. The van der Waals surface area contributed by atoms with Crippen LogP contribution in [0.3, 0.4) is 0 Å². The van der Waals surface area contributed by atoms with Gasteiger partial charge in [-0.05, 0) is 18.6 Å². The first-order chi connectivity index (χ1) is 19.6. The number of pyridine rings is 1. The lowest BCUT2D eigenvalue weighted by atomic mass is 10.0. The summed E-state index contributed by atoms with van der Waals surface area (Å²) in [6, 6.07) is 3.08. The minimum Gasteiger partial charge on any atom is -0.481 e. The van der Waals surface area contributed by atoms with Gasteiger partial charge in [-0.3, -0.25) is 23.7 Å². The van der Waals surface area contributed by atoms with Gasteiger partial charge >= 0.3 is 17.6 Å². The minimum atomic E-state index is -0.942. The molecule has 2 N–H and O–H groups in total. The smallest absolute Gasteiger partial charge is 0.337 e. The van der Waals surface area contributed by atoms with Crippen LogP contribution < -0.4 is 11.2 Å². The number of hydrogen-bond acceptors (Lipinski definition) is 6. The Morgan fingerprint density at radius 2 is 1.34 bits per heavy atom. The molecule has 228 valence electrons. The van der Waals surface area contributed by atoms with E-state index in [0.717, 1.165) is 17.4 Å². The van der Waals surface area contributed by atoms with E-state index in [9.17, 15) is 19.2 Å². The molecule has 3 rings (SSSR count). The predicted octanol–water partition coefficient (Wildman–Crippen LogP) is 5.30. The predicted molar refractivity (Wildman–Crippen MR) is 160 cm³/mol. The van der Waals surface area contributed by atoms with Crippen molar-refractivity contribution in [2.45, 2.75) is 96.8 Å². The molecule has 3 heterocycles. The molecular formula is C30H47N5O6. The second-order valence-corrected chi connectivity index (χ2v) is 10.2. The first-order valence-corrected chi connectivity index (χ1v) is 14.5. The van der Waals surface area contributed by atoms with E-state index in [0.29, 0.717) is 17.6 Å². The number of aromatic nitrogens is 5. The third-order valence-corrected chi connectivity index (χ3v) is 6.72. The maximum Gasteiger partial charge on any atom is 0.337 e. The van der Waals surface area contributed by atoms with Gasteiger partial charge in [0.15, 0.2) is 11.2 Å². The maximum atomic E-state index is 11.7. The summed E-state index contributed by atoms with van der Waals surface area (Å²) >= 11 is 0. The Morgan fingerprint density at radius 3 is 1.78 bits per heavy atom. The highest BCUT2D eigenvalue weighted by molar-refractivity contribution is 5.86. The van der Waals surface area contributed by atoms with Gasteiger partial charge in [0.25, 0.3) is 5.56 Å². The van der Waals surface area contributed by atoms with Crippen LogP contribution in [0.2, 0.25) is 0 Å². The number of aromatic carboxylic acids is 1. The molecule has 0 radical (unpaired) electrons. The summed E-state index contributed by atoms with van der Waals surface area (Å²) in [5, 5.41) is 16.8. The second-order valence-electron chi connectivity index (χ2n) is 10.2. The van der Waals surface area contributed by atoms with Crippen LogP contribution in [0.1, 0.15) is 107 Å². The normalized spacial score (nSPS) is 10.4. The largest absolute Gasteiger partial charge is 0.481 e. The zero-order valence-electron chi connectivity index (χ0n) is 25.0. The molecule has 0 unspecified atom stereocenters. The Hall–Kier alpha value is -3.76. The molecule has 11 heteroatoms. The molecule has 0 aliphatic rings. The first-order valence-electron chi connectivity index (χ1n) is 14.5. The monoisotopic (exact) mass is 573 g/mol. The van der Waals surface area contributed by atoms with E-state index in [-0.39, 0.29) is 16.8 Å². The number of aryl methyl sites for hydroxylation is 2. The Kier molecular flexibility index (Phi) is 17.3. The highest BCUT2D eigenvalue weighted by Crippen LogP contribution is 2.12. The standard InChI is InChI=1S/C16H32O2.C8H10N4O2.C6H5NO2/c1-2-3-4-5-6-7-8-9-10-11-12-13-14-15-16(17)18;1-10-4-9-6-5(10)7(13)12(3)8(14)11(6)2;8-6(9)5-2-1-3-7-4-5/h2-15H2,1H3,(H,17,18);4H,1-3H3;1-4H,(H,8,9). The quantitative estimate of drug-likeness (QED) is 0.233. The average Bonchev–Trinajstić information content (AvgIpc) is 3.35. The lowest BCUT2D eigenvalue weighted by Crippen LogP contribution is -2.37. The molecule has 0 atom stereocenters. The molecule has 0 aliphatic heterocycles. The Labute approximate surface area is 241 Å². The Morgan fingerprint density at radius 1 is 0.805 bits per heavy atom. The van der Waals surface area contributed by atoms with Crippen molar-refractivity contribution in [2.75, 3.05) is 0 Å². The molecular weight excluding hydrogens is 526 g/mol. The maximum absolute atomic E-state index is 11.7. The zero-order valence-corrected chi connectivity index (χ0v) is 25.0. The van der Waals surface area contributed by atoms with Crippen LogP contribution in [0.15, 0.2) is 40.4 Å². The Bertz CT molecular complexity index is 1300. The number of carbonyl (C=O) groups is 2. The molecule has 11 nitrogen and oxygen atoms in total. The summed E-state index contributed by atoms with van der Waals surface area (Å²) in [4.78, 5) is 51.2. The molecule has 0 aliphatic carbocycles. The van der Waals surface area contributed by atoms with E-state index in [1.165, 1.54) is 107 Å². The fourth-order valence-electron chi connectivity index (χ4n) is 4.25. The number of rotatable bonds is 15. The fraction of sp³-hybridized carbons (Fsp3) is 0.600. The van der Waals surface area contributed by atoms with E-state index < -0.39 is 11.9 Å². The van der Waals surface area contributed by atoms with Crippen LogP contribution in [0.5, 0.6) is 0 Å². The molecule has 0 bridgehead atoms. The van der Waals surface area contributed by atoms with Crippen LogP contribution in [-0.4, -0.2) is 45.8 Å². The molecule has 0 amide bonds. The first kappa shape index (κ1) is 35.3. The molecule has 0 fully saturated rings. The van der Waals surface area contributed by atoms with Crippen LogP contribution >= 0.6 is 0 Å². The van der Waals surface area contributed by atoms with E-state index in [2.05, 4.69) is 16.9 Å². The van der Waals surface area contributed by atoms with Crippen molar-refractivity contribution in [3.8, 4) is 0 Å². The van der Waals surface area contributed by atoms with Crippen molar-refractivity contribution in [3.63, 3.8) is 0 Å². The number of carboxylic acids is 2. The van der Waals surface area contributed by atoms with Crippen LogP contribution in [-0.2, 0) is 25.9 Å². The number of fused-ring (bicyclic) bond motifs is 1. The number of unbranched alkanes of at least 4 members (excludes halogenated alkanes) is 12. The average molecular weight is 574 g/mol. The van der Waals surface area contributed by atoms with Gasteiger partial charge in [-0.1, -0.05) is 84.0 Å². The van der Waals surface area contributed by atoms with Crippen molar-refractivity contribution in [2.24, 2.45) is 21.1 Å². The van der Waals surface area contributed by atoms with Gasteiger partial charge in [0.1, 0.15) is 0 Å². The fourth-order valence-corrected chi connectivity index (χ4v) is 4.25. The SMILES string of the molecule is CCCCCCCCCCCCCCCC(=O)O.Cn1c(=O)c2c(ncn2C)n(C)c1=O.O=C(O)c1cccnc1. The van der Waals surface area contributed by atoms with Crippen molar-refractivity contribution in [3.05, 3.63) is 57.3 Å². The van der Waals surface area contributed by atoms with Gasteiger partial charge in [-0.25, -0.2) is 14.6 Å². The number of aliphatic carboxylic acids is 1. The third-order valence-electron chi connectivity index (χ3n) is 6.72. The molecule has 3 aromatic heterocycles. The number of hydrogen-bond donors (Lipinski definition) is 2. The molecule has 41 heavy (non-hydrogen) atoms. The minimum absolute atomic E-state index is 0.220.